The molecule has 4 N–H and O–H groups in total. The molecule has 1 atom stereocenters. The van der Waals surface area contributed by atoms with Crippen molar-refractivity contribution in [2.24, 2.45) is 0 Å². The zero-order valence-corrected chi connectivity index (χ0v) is 11.3. The number of nitrogen functional groups attached to an aromatic ring is 1. The van der Waals surface area contributed by atoms with Crippen LogP contribution in [0.15, 0.2) is 22.9 Å². The van der Waals surface area contributed by atoms with Crippen LogP contribution < -0.4 is 16.4 Å². The first-order valence-corrected chi connectivity index (χ1v) is 6.80. The van der Waals surface area contributed by atoms with Gasteiger partial charge < -0.3 is 16.4 Å². The molecule has 0 aliphatic rings. The molecule has 0 fully saturated rings. The molecular formula is C12H17N5S. The molecule has 0 aliphatic heterocycles. The van der Waals surface area contributed by atoms with E-state index in [-0.39, 0.29) is 12.0 Å². The highest BCUT2D eigenvalue weighted by molar-refractivity contribution is 7.07. The lowest BCUT2D eigenvalue weighted by molar-refractivity contribution is 0.878. The van der Waals surface area contributed by atoms with E-state index in [4.69, 9.17) is 5.73 Å². The molecule has 0 saturated carbocycles. The van der Waals surface area contributed by atoms with E-state index in [1.165, 1.54) is 5.56 Å². The minimum Gasteiger partial charge on any atom is -0.370 e. The lowest BCUT2D eigenvalue weighted by Gasteiger charge is -2.14. The summed E-state index contributed by atoms with van der Waals surface area (Å²) in [5, 5.41) is 10.6. The second-order valence-corrected chi connectivity index (χ2v) is 4.73. The van der Waals surface area contributed by atoms with E-state index in [0.717, 1.165) is 18.2 Å². The molecule has 96 valence electrons. The van der Waals surface area contributed by atoms with Crippen LogP contribution in [-0.4, -0.2) is 16.5 Å². The van der Waals surface area contributed by atoms with E-state index in [1.54, 1.807) is 11.3 Å². The summed E-state index contributed by atoms with van der Waals surface area (Å²) >= 11 is 1.68. The van der Waals surface area contributed by atoms with Crippen molar-refractivity contribution in [3.05, 3.63) is 28.5 Å². The van der Waals surface area contributed by atoms with Crippen molar-refractivity contribution >= 4 is 28.9 Å². The van der Waals surface area contributed by atoms with Crippen LogP contribution in [0.5, 0.6) is 0 Å². The maximum Gasteiger partial charge on any atom is 0.223 e. The Kier molecular flexibility index (Phi) is 3.99. The van der Waals surface area contributed by atoms with Crippen molar-refractivity contribution in [1.82, 2.24) is 9.97 Å². The first-order chi connectivity index (χ1) is 8.69. The van der Waals surface area contributed by atoms with Crippen molar-refractivity contribution in [3.8, 4) is 0 Å². The molecule has 2 aromatic heterocycles. The van der Waals surface area contributed by atoms with Crippen molar-refractivity contribution in [1.29, 1.82) is 0 Å². The first kappa shape index (κ1) is 12.6. The van der Waals surface area contributed by atoms with E-state index >= 15 is 0 Å². The van der Waals surface area contributed by atoms with Gasteiger partial charge in [0, 0.05) is 12.6 Å². The Hall–Kier alpha value is -1.82. The van der Waals surface area contributed by atoms with Gasteiger partial charge in [-0.1, -0.05) is 0 Å². The molecule has 0 spiro atoms. The molecule has 0 aliphatic carbocycles. The van der Waals surface area contributed by atoms with Crippen molar-refractivity contribution in [3.63, 3.8) is 0 Å². The zero-order valence-electron chi connectivity index (χ0n) is 10.5. The van der Waals surface area contributed by atoms with Gasteiger partial charge in [0.2, 0.25) is 5.95 Å². The molecule has 0 saturated heterocycles. The largest absolute Gasteiger partial charge is 0.370 e. The highest BCUT2D eigenvalue weighted by Gasteiger charge is 2.08. The van der Waals surface area contributed by atoms with Crippen LogP contribution in [0.4, 0.5) is 17.6 Å². The summed E-state index contributed by atoms with van der Waals surface area (Å²) in [4.78, 5) is 8.30. The second-order valence-electron chi connectivity index (χ2n) is 3.95. The number of nitrogens with two attached hydrogens (primary N) is 1. The summed E-state index contributed by atoms with van der Waals surface area (Å²) in [5.41, 5.74) is 6.92. The van der Waals surface area contributed by atoms with Crippen LogP contribution in [0.1, 0.15) is 25.5 Å². The van der Waals surface area contributed by atoms with Gasteiger partial charge in [0.25, 0.3) is 0 Å². The van der Waals surface area contributed by atoms with Gasteiger partial charge in [0.15, 0.2) is 0 Å². The van der Waals surface area contributed by atoms with Crippen LogP contribution in [-0.2, 0) is 0 Å². The summed E-state index contributed by atoms with van der Waals surface area (Å²) in [7, 11) is 0. The van der Waals surface area contributed by atoms with Gasteiger partial charge in [0.1, 0.15) is 11.6 Å². The van der Waals surface area contributed by atoms with Gasteiger partial charge in [-0.05, 0) is 36.2 Å². The third kappa shape index (κ3) is 3.10. The number of anilines is 3. The smallest absolute Gasteiger partial charge is 0.223 e. The van der Waals surface area contributed by atoms with Gasteiger partial charge in [-0.2, -0.15) is 21.3 Å². The van der Waals surface area contributed by atoms with Crippen molar-refractivity contribution < 1.29 is 0 Å². The Labute approximate surface area is 110 Å². The normalized spacial score (nSPS) is 12.1. The molecule has 0 amide bonds. The van der Waals surface area contributed by atoms with E-state index in [1.807, 2.05) is 13.0 Å². The highest BCUT2D eigenvalue weighted by atomic mass is 32.1. The number of nitrogens with one attached hydrogen (secondary N) is 2. The molecule has 6 heteroatoms. The predicted molar refractivity (Wildman–Crippen MR) is 77.0 cm³/mol. The monoisotopic (exact) mass is 263 g/mol. The number of hydrogen-bond donors (Lipinski definition) is 3. The topological polar surface area (TPSA) is 75.9 Å². The Morgan fingerprint density at radius 3 is 2.83 bits per heavy atom. The maximum absolute atomic E-state index is 5.68. The van der Waals surface area contributed by atoms with Crippen LogP contribution in [0.3, 0.4) is 0 Å². The van der Waals surface area contributed by atoms with Crippen LogP contribution in [0.25, 0.3) is 0 Å². The fourth-order valence-corrected chi connectivity index (χ4v) is 2.39. The van der Waals surface area contributed by atoms with Gasteiger partial charge in [-0.25, -0.2) is 0 Å². The number of nitrogens with zero attached hydrogens (tertiary/aromatic N) is 2. The van der Waals surface area contributed by atoms with Crippen LogP contribution >= 0.6 is 11.3 Å². The van der Waals surface area contributed by atoms with Crippen LogP contribution in [0.2, 0.25) is 0 Å². The average molecular weight is 263 g/mol. The number of thiophene rings is 1. The fourth-order valence-electron chi connectivity index (χ4n) is 1.64. The Balaban J connectivity index is 2.13. The summed E-state index contributed by atoms with van der Waals surface area (Å²) < 4.78 is 0. The average Bonchev–Trinajstić information content (AvgIpc) is 2.81. The molecular weight excluding hydrogens is 246 g/mol. The van der Waals surface area contributed by atoms with E-state index < -0.39 is 0 Å². The number of aromatic nitrogens is 2. The minimum atomic E-state index is 0.194. The first-order valence-electron chi connectivity index (χ1n) is 5.86. The Morgan fingerprint density at radius 1 is 1.39 bits per heavy atom. The molecule has 5 nitrogen and oxygen atoms in total. The highest BCUT2D eigenvalue weighted by Crippen LogP contribution is 2.21. The maximum atomic E-state index is 5.68. The lowest BCUT2D eigenvalue weighted by atomic mass is 10.2. The molecule has 1 unspecified atom stereocenters. The molecule has 0 radical (unpaired) electrons. The Bertz CT molecular complexity index is 497. The SMILES string of the molecule is CCNc1cc(NC(C)c2ccsc2)nc(N)n1. The summed E-state index contributed by atoms with van der Waals surface area (Å²) in [6, 6.07) is 4.15. The van der Waals surface area contributed by atoms with Crippen LogP contribution in [0, 0.1) is 0 Å². The molecule has 2 aromatic rings. The molecule has 2 rings (SSSR count). The van der Waals surface area contributed by atoms with Crippen molar-refractivity contribution in [2.75, 3.05) is 22.9 Å². The van der Waals surface area contributed by atoms with E-state index in [2.05, 4.69) is 44.4 Å². The minimum absolute atomic E-state index is 0.194. The Morgan fingerprint density at radius 2 is 2.17 bits per heavy atom. The summed E-state index contributed by atoms with van der Waals surface area (Å²) in [6.45, 7) is 4.91. The van der Waals surface area contributed by atoms with Crippen molar-refractivity contribution in [2.45, 2.75) is 19.9 Å². The standard InChI is InChI=1S/C12H17N5S/c1-3-14-10-6-11(17-12(13)16-10)15-8(2)9-4-5-18-7-9/h4-8H,3H2,1-2H3,(H4,13,14,15,16,17). The summed E-state index contributed by atoms with van der Waals surface area (Å²) in [6.07, 6.45) is 0. The predicted octanol–water partition coefficient (Wildman–Crippen LogP) is 2.73. The zero-order chi connectivity index (χ0) is 13.0. The van der Waals surface area contributed by atoms with Gasteiger partial charge in [0.05, 0.1) is 6.04 Å². The van der Waals surface area contributed by atoms with Gasteiger partial charge in [-0.15, -0.1) is 0 Å². The molecule has 2 heterocycles. The third-order valence-electron chi connectivity index (χ3n) is 2.51. The van der Waals surface area contributed by atoms with E-state index in [0.29, 0.717) is 0 Å². The quantitative estimate of drug-likeness (QED) is 0.773. The van der Waals surface area contributed by atoms with Gasteiger partial charge >= 0.3 is 0 Å². The lowest BCUT2D eigenvalue weighted by Crippen LogP contribution is -2.10. The molecule has 18 heavy (non-hydrogen) atoms. The number of hydrogen-bond acceptors (Lipinski definition) is 6. The summed E-state index contributed by atoms with van der Waals surface area (Å²) in [5.74, 6) is 1.75. The fraction of sp³-hybridized carbons (Fsp3) is 0.333. The molecule has 0 bridgehead atoms. The molecule has 0 aromatic carbocycles. The van der Waals surface area contributed by atoms with Gasteiger partial charge in [-0.3, -0.25) is 0 Å². The third-order valence-corrected chi connectivity index (χ3v) is 3.21. The van der Waals surface area contributed by atoms with E-state index in [9.17, 15) is 0 Å². The number of rotatable bonds is 5. The second kappa shape index (κ2) is 5.68.